The fraction of sp³-hybridized carbons (Fsp3) is 0.0714. The van der Waals surface area contributed by atoms with E-state index < -0.39 is 21.7 Å². The summed E-state index contributed by atoms with van der Waals surface area (Å²) in [6.07, 6.45) is 0. The van der Waals surface area contributed by atoms with E-state index in [-0.39, 0.29) is 15.5 Å². The van der Waals surface area contributed by atoms with Gasteiger partial charge in [0.1, 0.15) is 5.82 Å². The molecule has 2 aromatic carbocycles. The molecule has 0 fully saturated rings. The van der Waals surface area contributed by atoms with Crippen LogP contribution in [0.5, 0.6) is 0 Å². The van der Waals surface area contributed by atoms with Crippen LogP contribution >= 0.6 is 11.6 Å². The van der Waals surface area contributed by atoms with Gasteiger partial charge in [0.05, 0.1) is 9.92 Å². The van der Waals surface area contributed by atoms with E-state index in [1.807, 2.05) is 0 Å². The van der Waals surface area contributed by atoms with E-state index in [1.54, 1.807) is 0 Å². The molecule has 1 amide bonds. The molecule has 0 heterocycles. The molecule has 0 aliphatic carbocycles. The zero-order valence-electron chi connectivity index (χ0n) is 11.4. The minimum Gasteiger partial charge on any atom is -0.322 e. The van der Waals surface area contributed by atoms with Crippen LogP contribution in [0.4, 0.5) is 10.1 Å². The first-order chi connectivity index (χ1) is 10.3. The third-order valence-electron chi connectivity index (χ3n) is 2.85. The zero-order valence-corrected chi connectivity index (χ0v) is 13.0. The third-order valence-corrected chi connectivity index (χ3v) is 4.55. The molecule has 0 saturated heterocycles. The molecule has 2 N–H and O–H groups in total. The molecule has 0 aliphatic rings. The van der Waals surface area contributed by atoms with E-state index in [0.717, 1.165) is 6.07 Å². The van der Waals surface area contributed by atoms with Crippen LogP contribution in [0.2, 0.25) is 5.02 Å². The largest absolute Gasteiger partial charge is 0.322 e. The van der Waals surface area contributed by atoms with Gasteiger partial charge >= 0.3 is 0 Å². The second kappa shape index (κ2) is 6.43. The summed E-state index contributed by atoms with van der Waals surface area (Å²) >= 11 is 5.63. The molecule has 0 bridgehead atoms. The van der Waals surface area contributed by atoms with E-state index in [1.165, 1.54) is 43.4 Å². The fourth-order valence-corrected chi connectivity index (χ4v) is 2.66. The summed E-state index contributed by atoms with van der Waals surface area (Å²) in [5.74, 6) is -1.13. The van der Waals surface area contributed by atoms with Crippen molar-refractivity contribution in [2.45, 2.75) is 4.90 Å². The van der Waals surface area contributed by atoms with Gasteiger partial charge in [-0.2, -0.15) is 0 Å². The first kappa shape index (κ1) is 16.4. The standard InChI is InChI=1S/C14H12ClFN2O3S/c1-17-22(20,21)11-4-2-3-9(7-11)14(19)18-10-5-6-13(16)12(15)8-10/h2-8,17H,1H3,(H,18,19). The van der Waals surface area contributed by atoms with E-state index in [0.29, 0.717) is 5.69 Å². The van der Waals surface area contributed by atoms with Gasteiger partial charge in [-0.15, -0.1) is 0 Å². The minimum atomic E-state index is -3.64. The van der Waals surface area contributed by atoms with Crippen molar-refractivity contribution in [1.29, 1.82) is 0 Å². The van der Waals surface area contributed by atoms with Gasteiger partial charge in [-0.3, -0.25) is 4.79 Å². The van der Waals surface area contributed by atoms with Gasteiger partial charge in [-0.05, 0) is 43.4 Å². The highest BCUT2D eigenvalue weighted by Crippen LogP contribution is 2.20. The van der Waals surface area contributed by atoms with Crippen molar-refractivity contribution in [1.82, 2.24) is 4.72 Å². The number of benzene rings is 2. The fourth-order valence-electron chi connectivity index (χ4n) is 1.70. The van der Waals surface area contributed by atoms with Crippen LogP contribution < -0.4 is 10.0 Å². The maximum atomic E-state index is 13.1. The van der Waals surface area contributed by atoms with Crippen molar-refractivity contribution in [2.24, 2.45) is 0 Å². The Kier molecular flexibility index (Phi) is 4.80. The lowest BCUT2D eigenvalue weighted by Crippen LogP contribution is -2.19. The van der Waals surface area contributed by atoms with Crippen molar-refractivity contribution in [2.75, 3.05) is 12.4 Å². The number of halogens is 2. The first-order valence-electron chi connectivity index (χ1n) is 6.13. The highest BCUT2D eigenvalue weighted by molar-refractivity contribution is 7.89. The van der Waals surface area contributed by atoms with Crippen molar-refractivity contribution in [3.05, 3.63) is 58.9 Å². The molecular formula is C14H12ClFN2O3S. The van der Waals surface area contributed by atoms with E-state index in [9.17, 15) is 17.6 Å². The van der Waals surface area contributed by atoms with Gasteiger partial charge in [0.2, 0.25) is 10.0 Å². The smallest absolute Gasteiger partial charge is 0.255 e. The van der Waals surface area contributed by atoms with Crippen molar-refractivity contribution >= 4 is 33.2 Å². The molecule has 0 atom stereocenters. The summed E-state index contributed by atoms with van der Waals surface area (Å²) < 4.78 is 38.7. The van der Waals surface area contributed by atoms with Crippen LogP contribution in [-0.4, -0.2) is 21.4 Å². The number of carbonyl (C=O) groups is 1. The van der Waals surface area contributed by atoms with Gasteiger partial charge in [-0.25, -0.2) is 17.5 Å². The minimum absolute atomic E-state index is 0.0280. The summed E-state index contributed by atoms with van der Waals surface area (Å²) in [5, 5.41) is 2.40. The molecule has 8 heteroatoms. The number of nitrogens with one attached hydrogen (secondary N) is 2. The van der Waals surface area contributed by atoms with Gasteiger partial charge in [0.25, 0.3) is 5.91 Å². The van der Waals surface area contributed by atoms with E-state index in [2.05, 4.69) is 10.0 Å². The predicted octanol–water partition coefficient (Wildman–Crippen LogP) is 2.64. The number of hydrogen-bond acceptors (Lipinski definition) is 3. The van der Waals surface area contributed by atoms with Gasteiger partial charge in [0.15, 0.2) is 0 Å². The Bertz CT molecular complexity index is 825. The second-order valence-electron chi connectivity index (χ2n) is 4.32. The molecule has 0 unspecified atom stereocenters. The van der Waals surface area contributed by atoms with E-state index >= 15 is 0 Å². The normalized spacial score (nSPS) is 11.2. The number of sulfonamides is 1. The Labute approximate surface area is 132 Å². The van der Waals surface area contributed by atoms with E-state index in [4.69, 9.17) is 11.6 Å². The van der Waals surface area contributed by atoms with Crippen molar-refractivity contribution < 1.29 is 17.6 Å². The van der Waals surface area contributed by atoms with Crippen LogP contribution in [0.25, 0.3) is 0 Å². The molecular weight excluding hydrogens is 331 g/mol. The lowest BCUT2D eigenvalue weighted by Gasteiger charge is -2.08. The van der Waals surface area contributed by atoms with Crippen LogP contribution in [0.15, 0.2) is 47.4 Å². The van der Waals surface area contributed by atoms with Crippen LogP contribution in [-0.2, 0) is 10.0 Å². The van der Waals surface area contributed by atoms with Crippen molar-refractivity contribution in [3.8, 4) is 0 Å². The average molecular weight is 343 g/mol. The molecule has 0 spiro atoms. The Balaban J connectivity index is 2.26. The molecule has 116 valence electrons. The summed E-state index contributed by atoms with van der Waals surface area (Å²) in [6.45, 7) is 0. The molecule has 0 aromatic heterocycles. The number of carbonyl (C=O) groups excluding carboxylic acids is 1. The van der Waals surface area contributed by atoms with Crippen LogP contribution in [0.3, 0.4) is 0 Å². The number of rotatable bonds is 4. The quantitative estimate of drug-likeness (QED) is 0.897. The third kappa shape index (κ3) is 3.62. The lowest BCUT2D eigenvalue weighted by atomic mass is 10.2. The Morgan fingerprint density at radius 1 is 1.18 bits per heavy atom. The molecule has 0 saturated carbocycles. The average Bonchev–Trinajstić information content (AvgIpc) is 2.51. The second-order valence-corrected chi connectivity index (χ2v) is 6.61. The number of anilines is 1. The summed E-state index contributed by atoms with van der Waals surface area (Å²) in [5.41, 5.74) is 0.454. The molecule has 2 aromatic rings. The van der Waals surface area contributed by atoms with Gasteiger partial charge < -0.3 is 5.32 Å². The Morgan fingerprint density at radius 2 is 1.91 bits per heavy atom. The number of amides is 1. The highest BCUT2D eigenvalue weighted by atomic mass is 35.5. The monoisotopic (exact) mass is 342 g/mol. The summed E-state index contributed by atoms with van der Waals surface area (Å²) in [6, 6.07) is 9.28. The Hall–Kier alpha value is -1.96. The molecule has 2 rings (SSSR count). The molecule has 22 heavy (non-hydrogen) atoms. The SMILES string of the molecule is CNS(=O)(=O)c1cccc(C(=O)Nc2ccc(F)c(Cl)c2)c1. The zero-order chi connectivity index (χ0) is 16.3. The maximum Gasteiger partial charge on any atom is 0.255 e. The lowest BCUT2D eigenvalue weighted by molar-refractivity contribution is 0.102. The molecule has 5 nitrogen and oxygen atoms in total. The highest BCUT2D eigenvalue weighted by Gasteiger charge is 2.14. The van der Waals surface area contributed by atoms with Gasteiger partial charge in [0, 0.05) is 11.3 Å². The van der Waals surface area contributed by atoms with Gasteiger partial charge in [-0.1, -0.05) is 17.7 Å². The van der Waals surface area contributed by atoms with Crippen molar-refractivity contribution in [3.63, 3.8) is 0 Å². The predicted molar refractivity (Wildman–Crippen MR) is 82.1 cm³/mol. The Morgan fingerprint density at radius 3 is 2.55 bits per heavy atom. The first-order valence-corrected chi connectivity index (χ1v) is 7.99. The maximum absolute atomic E-state index is 13.1. The molecule has 0 radical (unpaired) electrons. The summed E-state index contributed by atoms with van der Waals surface area (Å²) in [4.78, 5) is 12.1. The molecule has 0 aliphatic heterocycles. The van der Waals surface area contributed by atoms with Crippen LogP contribution in [0, 0.1) is 5.82 Å². The number of hydrogen-bond donors (Lipinski definition) is 2. The topological polar surface area (TPSA) is 75.3 Å². The summed E-state index contributed by atoms with van der Waals surface area (Å²) in [7, 11) is -2.36. The van der Waals surface area contributed by atoms with Crippen LogP contribution in [0.1, 0.15) is 10.4 Å².